The van der Waals surface area contributed by atoms with E-state index in [0.29, 0.717) is 5.16 Å². The molecule has 8 heteroatoms. The van der Waals surface area contributed by atoms with Gasteiger partial charge in [-0.15, -0.1) is 5.10 Å². The van der Waals surface area contributed by atoms with Gasteiger partial charge in [-0.2, -0.15) is 4.98 Å². The Morgan fingerprint density at radius 2 is 1.88 bits per heavy atom. The molecule has 0 bridgehead atoms. The number of aromatic nitrogens is 3. The van der Waals surface area contributed by atoms with Crippen LogP contribution in [0.25, 0.3) is 0 Å². The standard InChI is InChI=1S/C18H19N5O2S/c1-25-14-9-7-13(8-10-14)16(12-5-3-2-4-6-12)20-15(24)11-26-18-21-17(19)22-23-18/h2-10,16H,11H2,1H3,(H,20,24)(H3,19,21,22,23)/t16-/m0/s1. The number of nitrogens with one attached hydrogen (secondary N) is 2. The molecule has 0 spiro atoms. The molecule has 26 heavy (non-hydrogen) atoms. The molecule has 0 unspecified atom stereocenters. The molecule has 3 aromatic rings. The van der Waals surface area contributed by atoms with Crippen LogP contribution in [0.15, 0.2) is 59.8 Å². The number of amides is 1. The van der Waals surface area contributed by atoms with Gasteiger partial charge in [0, 0.05) is 0 Å². The van der Waals surface area contributed by atoms with E-state index >= 15 is 0 Å². The molecule has 7 nitrogen and oxygen atoms in total. The molecule has 1 amide bonds. The maximum Gasteiger partial charge on any atom is 0.231 e. The maximum atomic E-state index is 12.4. The van der Waals surface area contributed by atoms with Gasteiger partial charge in [0.05, 0.1) is 18.9 Å². The van der Waals surface area contributed by atoms with Crippen LogP contribution in [0.4, 0.5) is 5.95 Å². The third kappa shape index (κ3) is 4.54. The number of anilines is 1. The number of H-pyrrole nitrogens is 1. The summed E-state index contributed by atoms with van der Waals surface area (Å²) in [5, 5.41) is 9.97. The van der Waals surface area contributed by atoms with Crippen LogP contribution in [0.3, 0.4) is 0 Å². The second kappa shape index (κ2) is 8.39. The predicted molar refractivity (Wildman–Crippen MR) is 101 cm³/mol. The summed E-state index contributed by atoms with van der Waals surface area (Å²) < 4.78 is 5.21. The number of hydrogen-bond donors (Lipinski definition) is 3. The molecule has 4 N–H and O–H groups in total. The average Bonchev–Trinajstić information content (AvgIpc) is 3.10. The Bertz CT molecular complexity index is 852. The monoisotopic (exact) mass is 369 g/mol. The Hall–Kier alpha value is -3.00. The van der Waals surface area contributed by atoms with Crippen molar-refractivity contribution in [1.82, 2.24) is 20.5 Å². The number of methoxy groups -OCH3 is 1. The predicted octanol–water partition coefficient (Wildman–Crippen LogP) is 2.39. The molecule has 3 rings (SSSR count). The number of aromatic amines is 1. The van der Waals surface area contributed by atoms with Crippen LogP contribution in [0.2, 0.25) is 0 Å². The minimum atomic E-state index is -0.257. The SMILES string of the molecule is COc1ccc([C@@H](NC(=O)CSc2n[nH]c(N)n2)c2ccccc2)cc1. The fraction of sp³-hybridized carbons (Fsp3) is 0.167. The lowest BCUT2D eigenvalue weighted by Gasteiger charge is -2.20. The Balaban J connectivity index is 1.73. The number of benzene rings is 2. The molecule has 1 atom stereocenters. The molecule has 0 fully saturated rings. The van der Waals surface area contributed by atoms with Crippen LogP contribution in [0.5, 0.6) is 5.75 Å². The van der Waals surface area contributed by atoms with Crippen LogP contribution >= 0.6 is 11.8 Å². The second-order valence-electron chi connectivity index (χ2n) is 5.48. The first-order chi connectivity index (χ1) is 12.7. The van der Waals surface area contributed by atoms with Crippen molar-refractivity contribution in [2.24, 2.45) is 0 Å². The molecule has 0 aliphatic carbocycles. The normalized spacial score (nSPS) is 11.7. The zero-order valence-corrected chi connectivity index (χ0v) is 15.0. The van der Waals surface area contributed by atoms with E-state index in [2.05, 4.69) is 20.5 Å². The van der Waals surface area contributed by atoms with Crippen molar-refractivity contribution in [1.29, 1.82) is 0 Å². The molecule has 0 aliphatic heterocycles. The summed E-state index contributed by atoms with van der Waals surface area (Å²) >= 11 is 1.22. The van der Waals surface area contributed by atoms with Gasteiger partial charge in [-0.1, -0.05) is 54.2 Å². The number of nitrogen functional groups attached to an aromatic ring is 1. The molecule has 1 heterocycles. The van der Waals surface area contributed by atoms with Crippen molar-refractivity contribution in [3.8, 4) is 5.75 Å². The van der Waals surface area contributed by atoms with Crippen molar-refractivity contribution in [2.45, 2.75) is 11.2 Å². The highest BCUT2D eigenvalue weighted by molar-refractivity contribution is 7.99. The number of hydrogen-bond acceptors (Lipinski definition) is 6. The minimum absolute atomic E-state index is 0.122. The number of carbonyl (C=O) groups is 1. The fourth-order valence-corrected chi connectivity index (χ4v) is 3.07. The lowest BCUT2D eigenvalue weighted by atomic mass is 9.98. The molecule has 134 valence electrons. The largest absolute Gasteiger partial charge is 0.497 e. The molecule has 0 radical (unpaired) electrons. The Kier molecular flexibility index (Phi) is 5.75. The van der Waals surface area contributed by atoms with E-state index in [9.17, 15) is 4.79 Å². The van der Waals surface area contributed by atoms with Crippen LogP contribution in [0.1, 0.15) is 17.2 Å². The molecular weight excluding hydrogens is 350 g/mol. The number of carbonyl (C=O) groups excluding carboxylic acids is 1. The van der Waals surface area contributed by atoms with Gasteiger partial charge in [0.1, 0.15) is 5.75 Å². The van der Waals surface area contributed by atoms with Gasteiger partial charge >= 0.3 is 0 Å². The summed E-state index contributed by atoms with van der Waals surface area (Å²) in [6, 6.07) is 17.2. The van der Waals surface area contributed by atoms with Gasteiger partial charge in [0.15, 0.2) is 0 Å². The number of ether oxygens (including phenoxy) is 1. The van der Waals surface area contributed by atoms with Crippen molar-refractivity contribution in [3.63, 3.8) is 0 Å². The smallest absolute Gasteiger partial charge is 0.231 e. The lowest BCUT2D eigenvalue weighted by molar-refractivity contribution is -0.119. The quantitative estimate of drug-likeness (QED) is 0.552. The Morgan fingerprint density at radius 1 is 1.19 bits per heavy atom. The van der Waals surface area contributed by atoms with E-state index in [4.69, 9.17) is 10.5 Å². The number of nitrogens with zero attached hydrogens (tertiary/aromatic N) is 2. The first kappa shape index (κ1) is 17.8. The highest BCUT2D eigenvalue weighted by atomic mass is 32.2. The number of nitrogens with two attached hydrogens (primary N) is 1. The fourth-order valence-electron chi connectivity index (χ4n) is 2.46. The Labute approximate surface area is 155 Å². The molecule has 0 saturated carbocycles. The minimum Gasteiger partial charge on any atom is -0.497 e. The summed E-state index contributed by atoms with van der Waals surface area (Å²) in [6.07, 6.45) is 0. The number of thioether (sulfide) groups is 1. The van der Waals surface area contributed by atoms with Crippen molar-refractivity contribution < 1.29 is 9.53 Å². The van der Waals surface area contributed by atoms with Crippen LogP contribution < -0.4 is 15.8 Å². The summed E-state index contributed by atoms with van der Waals surface area (Å²) in [5.74, 6) is 1.07. The van der Waals surface area contributed by atoms with Gasteiger partial charge in [0.2, 0.25) is 17.0 Å². The van der Waals surface area contributed by atoms with E-state index in [1.165, 1.54) is 11.8 Å². The summed E-state index contributed by atoms with van der Waals surface area (Å²) in [5.41, 5.74) is 7.46. The van der Waals surface area contributed by atoms with Crippen LogP contribution in [-0.4, -0.2) is 34.0 Å². The summed E-state index contributed by atoms with van der Waals surface area (Å²) in [7, 11) is 1.62. The highest BCUT2D eigenvalue weighted by Gasteiger charge is 2.17. The van der Waals surface area contributed by atoms with E-state index in [1.54, 1.807) is 7.11 Å². The summed E-state index contributed by atoms with van der Waals surface area (Å²) in [6.45, 7) is 0. The van der Waals surface area contributed by atoms with Gasteiger partial charge in [-0.3, -0.25) is 4.79 Å². The first-order valence-electron chi connectivity index (χ1n) is 7.94. The van der Waals surface area contributed by atoms with E-state index in [1.807, 2.05) is 54.6 Å². The van der Waals surface area contributed by atoms with Crippen LogP contribution in [-0.2, 0) is 4.79 Å². The second-order valence-corrected chi connectivity index (χ2v) is 6.42. The Morgan fingerprint density at radius 3 is 2.50 bits per heavy atom. The highest BCUT2D eigenvalue weighted by Crippen LogP contribution is 2.24. The van der Waals surface area contributed by atoms with E-state index < -0.39 is 0 Å². The van der Waals surface area contributed by atoms with Gasteiger partial charge < -0.3 is 15.8 Å². The molecule has 1 aromatic heterocycles. The zero-order chi connectivity index (χ0) is 18.4. The van der Waals surface area contributed by atoms with Crippen molar-refractivity contribution >= 4 is 23.6 Å². The third-order valence-electron chi connectivity index (χ3n) is 3.70. The molecule has 0 aliphatic rings. The third-order valence-corrected chi connectivity index (χ3v) is 4.55. The lowest BCUT2D eigenvalue weighted by Crippen LogP contribution is -2.30. The summed E-state index contributed by atoms with van der Waals surface area (Å²) in [4.78, 5) is 16.4. The van der Waals surface area contributed by atoms with Gasteiger partial charge in [0.25, 0.3) is 0 Å². The molecule has 0 saturated heterocycles. The maximum absolute atomic E-state index is 12.4. The number of rotatable bonds is 7. The zero-order valence-electron chi connectivity index (χ0n) is 14.2. The van der Waals surface area contributed by atoms with Gasteiger partial charge in [-0.25, -0.2) is 5.10 Å². The molecular formula is C18H19N5O2S. The van der Waals surface area contributed by atoms with Gasteiger partial charge in [-0.05, 0) is 23.3 Å². The molecule has 2 aromatic carbocycles. The van der Waals surface area contributed by atoms with Crippen molar-refractivity contribution in [3.05, 3.63) is 65.7 Å². The topological polar surface area (TPSA) is 106 Å². The van der Waals surface area contributed by atoms with E-state index in [-0.39, 0.29) is 23.7 Å². The first-order valence-corrected chi connectivity index (χ1v) is 8.93. The van der Waals surface area contributed by atoms with E-state index in [0.717, 1.165) is 16.9 Å². The van der Waals surface area contributed by atoms with Crippen molar-refractivity contribution in [2.75, 3.05) is 18.6 Å². The average molecular weight is 369 g/mol. The van der Waals surface area contributed by atoms with Crippen LogP contribution in [0, 0.1) is 0 Å².